The lowest BCUT2D eigenvalue weighted by molar-refractivity contribution is -0.136. The molecular formula is C7H14N2O4S. The summed E-state index contributed by atoms with van der Waals surface area (Å²) in [6.07, 6.45) is -0.340. The van der Waals surface area contributed by atoms with Crippen LogP contribution in [0.15, 0.2) is 0 Å². The summed E-state index contributed by atoms with van der Waals surface area (Å²) in [6.45, 7) is 1.28. The van der Waals surface area contributed by atoms with Gasteiger partial charge in [0.05, 0.1) is 12.2 Å². The second kappa shape index (κ2) is 4.24. The van der Waals surface area contributed by atoms with Crippen molar-refractivity contribution in [3.8, 4) is 0 Å². The number of sulfonamides is 1. The molecule has 1 saturated heterocycles. The van der Waals surface area contributed by atoms with Crippen LogP contribution in [-0.4, -0.2) is 55.7 Å². The molecule has 0 amide bonds. The van der Waals surface area contributed by atoms with Gasteiger partial charge in [-0.25, -0.2) is 8.42 Å². The van der Waals surface area contributed by atoms with E-state index in [2.05, 4.69) is 5.32 Å². The van der Waals surface area contributed by atoms with Gasteiger partial charge < -0.3 is 10.4 Å². The van der Waals surface area contributed by atoms with Gasteiger partial charge in [-0.15, -0.1) is 0 Å². The van der Waals surface area contributed by atoms with E-state index < -0.39 is 16.0 Å². The second-order valence-electron chi connectivity index (χ2n) is 3.29. The lowest BCUT2D eigenvalue weighted by atomic mass is 10.2. The van der Waals surface area contributed by atoms with Gasteiger partial charge in [-0.3, -0.25) is 4.79 Å². The number of aliphatic carboxylic acids is 1. The summed E-state index contributed by atoms with van der Waals surface area (Å²) in [7, 11) is -1.91. The standard InChI is InChI=1S/C7H14N2O4S/c1-9(6-4-8-5-6)14(12,13)3-2-7(10)11/h6,8H,2-5H2,1H3,(H,10,11). The van der Waals surface area contributed by atoms with Crippen LogP contribution in [-0.2, 0) is 14.8 Å². The third-order valence-corrected chi connectivity index (χ3v) is 4.18. The van der Waals surface area contributed by atoms with Crippen LogP contribution in [0, 0.1) is 0 Å². The molecule has 0 unspecified atom stereocenters. The van der Waals surface area contributed by atoms with E-state index in [-0.39, 0.29) is 18.2 Å². The number of likely N-dealkylation sites (N-methyl/N-ethyl adjacent to an activating group) is 1. The lowest BCUT2D eigenvalue weighted by Gasteiger charge is -2.34. The first kappa shape index (κ1) is 11.4. The van der Waals surface area contributed by atoms with E-state index >= 15 is 0 Å². The Morgan fingerprint density at radius 3 is 2.50 bits per heavy atom. The lowest BCUT2D eigenvalue weighted by Crippen LogP contribution is -2.57. The highest BCUT2D eigenvalue weighted by atomic mass is 32.2. The van der Waals surface area contributed by atoms with Gasteiger partial charge in [0.25, 0.3) is 0 Å². The molecule has 1 aliphatic rings. The van der Waals surface area contributed by atoms with Crippen molar-refractivity contribution in [1.29, 1.82) is 0 Å². The Morgan fingerprint density at radius 2 is 2.14 bits per heavy atom. The zero-order chi connectivity index (χ0) is 10.8. The molecule has 1 heterocycles. The zero-order valence-corrected chi connectivity index (χ0v) is 8.75. The summed E-state index contributed by atoms with van der Waals surface area (Å²) in [5, 5.41) is 11.3. The van der Waals surface area contributed by atoms with Gasteiger partial charge in [0, 0.05) is 26.2 Å². The number of nitrogens with zero attached hydrogens (tertiary/aromatic N) is 1. The van der Waals surface area contributed by atoms with Crippen molar-refractivity contribution >= 4 is 16.0 Å². The molecule has 0 aromatic carbocycles. The van der Waals surface area contributed by atoms with E-state index in [1.165, 1.54) is 11.4 Å². The number of carbonyl (C=O) groups is 1. The van der Waals surface area contributed by atoms with E-state index in [0.717, 1.165) is 0 Å². The number of nitrogens with one attached hydrogen (secondary N) is 1. The van der Waals surface area contributed by atoms with Crippen LogP contribution in [0.5, 0.6) is 0 Å². The first-order valence-electron chi connectivity index (χ1n) is 4.31. The molecule has 2 N–H and O–H groups in total. The normalized spacial score (nSPS) is 18.1. The summed E-state index contributed by atoms with van der Waals surface area (Å²) in [5.74, 6) is -1.41. The molecule has 0 saturated carbocycles. The average molecular weight is 222 g/mol. The first-order valence-corrected chi connectivity index (χ1v) is 5.92. The molecule has 1 rings (SSSR count). The Labute approximate surface area is 82.9 Å². The quantitative estimate of drug-likeness (QED) is 0.603. The number of carboxylic acid groups (broad SMARTS) is 1. The van der Waals surface area contributed by atoms with Crippen LogP contribution < -0.4 is 5.32 Å². The van der Waals surface area contributed by atoms with Gasteiger partial charge in [0.15, 0.2) is 0 Å². The van der Waals surface area contributed by atoms with Crippen LogP contribution in [0.2, 0.25) is 0 Å². The monoisotopic (exact) mass is 222 g/mol. The number of rotatable bonds is 5. The summed E-state index contributed by atoms with van der Waals surface area (Å²) in [5.41, 5.74) is 0. The summed E-state index contributed by atoms with van der Waals surface area (Å²) >= 11 is 0. The van der Waals surface area contributed by atoms with Gasteiger partial charge in [-0.2, -0.15) is 4.31 Å². The van der Waals surface area contributed by atoms with Crippen molar-refractivity contribution in [1.82, 2.24) is 9.62 Å². The summed E-state index contributed by atoms with van der Waals surface area (Å²) in [6, 6.07) is -0.0196. The SMILES string of the molecule is CN(C1CNC1)S(=O)(=O)CCC(=O)O. The smallest absolute Gasteiger partial charge is 0.304 e. The predicted octanol–water partition coefficient (Wildman–Crippen LogP) is -1.31. The third kappa shape index (κ3) is 2.66. The van der Waals surface area contributed by atoms with E-state index in [9.17, 15) is 13.2 Å². The molecule has 7 heteroatoms. The Kier molecular flexibility index (Phi) is 3.46. The van der Waals surface area contributed by atoms with E-state index in [0.29, 0.717) is 13.1 Å². The molecule has 0 spiro atoms. The Morgan fingerprint density at radius 1 is 1.57 bits per heavy atom. The molecular weight excluding hydrogens is 208 g/mol. The maximum absolute atomic E-state index is 11.5. The zero-order valence-electron chi connectivity index (χ0n) is 7.93. The summed E-state index contributed by atoms with van der Waals surface area (Å²) < 4.78 is 24.3. The highest BCUT2D eigenvalue weighted by Gasteiger charge is 2.30. The fraction of sp³-hybridized carbons (Fsp3) is 0.857. The minimum absolute atomic E-state index is 0.0196. The van der Waals surface area contributed by atoms with Crippen LogP contribution >= 0.6 is 0 Å². The third-order valence-electron chi connectivity index (χ3n) is 2.29. The van der Waals surface area contributed by atoms with E-state index in [1.807, 2.05) is 0 Å². The van der Waals surface area contributed by atoms with Crippen molar-refractivity contribution in [2.45, 2.75) is 12.5 Å². The van der Waals surface area contributed by atoms with Gasteiger partial charge >= 0.3 is 5.97 Å². The van der Waals surface area contributed by atoms with Gasteiger partial charge in [0.2, 0.25) is 10.0 Å². The van der Waals surface area contributed by atoms with Crippen molar-refractivity contribution in [2.75, 3.05) is 25.9 Å². The van der Waals surface area contributed by atoms with Crippen molar-refractivity contribution in [3.05, 3.63) is 0 Å². The average Bonchev–Trinajstić information content (AvgIpc) is 1.98. The van der Waals surface area contributed by atoms with E-state index in [4.69, 9.17) is 5.11 Å². The molecule has 0 aromatic rings. The number of carboxylic acids is 1. The molecule has 0 bridgehead atoms. The maximum Gasteiger partial charge on any atom is 0.304 e. The highest BCUT2D eigenvalue weighted by Crippen LogP contribution is 2.09. The Hall–Kier alpha value is -0.660. The molecule has 1 fully saturated rings. The molecule has 6 nitrogen and oxygen atoms in total. The minimum Gasteiger partial charge on any atom is -0.481 e. The second-order valence-corrected chi connectivity index (χ2v) is 5.44. The Balaban J connectivity index is 2.50. The van der Waals surface area contributed by atoms with E-state index in [1.54, 1.807) is 0 Å². The van der Waals surface area contributed by atoms with Crippen LogP contribution in [0.4, 0.5) is 0 Å². The van der Waals surface area contributed by atoms with Crippen LogP contribution in [0.3, 0.4) is 0 Å². The van der Waals surface area contributed by atoms with Crippen molar-refractivity contribution in [2.24, 2.45) is 0 Å². The topological polar surface area (TPSA) is 86.7 Å². The highest BCUT2D eigenvalue weighted by molar-refractivity contribution is 7.89. The molecule has 0 aliphatic carbocycles. The number of hydrogen-bond donors (Lipinski definition) is 2. The fourth-order valence-corrected chi connectivity index (χ4v) is 2.44. The van der Waals surface area contributed by atoms with Crippen LogP contribution in [0.1, 0.15) is 6.42 Å². The predicted molar refractivity (Wildman–Crippen MR) is 50.5 cm³/mol. The minimum atomic E-state index is -3.40. The molecule has 82 valence electrons. The van der Waals surface area contributed by atoms with Gasteiger partial charge in [0.1, 0.15) is 0 Å². The summed E-state index contributed by atoms with van der Waals surface area (Å²) in [4.78, 5) is 10.2. The van der Waals surface area contributed by atoms with Gasteiger partial charge in [-0.1, -0.05) is 0 Å². The molecule has 14 heavy (non-hydrogen) atoms. The molecule has 1 aliphatic heterocycles. The molecule has 0 radical (unpaired) electrons. The number of hydrogen-bond acceptors (Lipinski definition) is 4. The van der Waals surface area contributed by atoms with Crippen LogP contribution in [0.25, 0.3) is 0 Å². The molecule has 0 aromatic heterocycles. The Bertz CT molecular complexity index is 310. The first-order chi connectivity index (χ1) is 6.43. The maximum atomic E-state index is 11.5. The molecule has 0 atom stereocenters. The van der Waals surface area contributed by atoms with Crippen molar-refractivity contribution in [3.63, 3.8) is 0 Å². The van der Waals surface area contributed by atoms with Gasteiger partial charge in [-0.05, 0) is 0 Å². The fourth-order valence-electron chi connectivity index (χ4n) is 1.12. The van der Waals surface area contributed by atoms with Crippen molar-refractivity contribution < 1.29 is 18.3 Å². The largest absolute Gasteiger partial charge is 0.481 e.